The Labute approximate surface area is 138 Å². The Kier molecular flexibility index (Phi) is 4.14. The Balaban J connectivity index is 2.20. The summed E-state index contributed by atoms with van der Waals surface area (Å²) < 4.78 is 7.22. The molecule has 2 heterocycles. The van der Waals surface area contributed by atoms with Gasteiger partial charge in [0.05, 0.1) is 30.1 Å². The lowest BCUT2D eigenvalue weighted by Gasteiger charge is -2.26. The van der Waals surface area contributed by atoms with Crippen LogP contribution in [0.1, 0.15) is 19.4 Å². The quantitative estimate of drug-likeness (QED) is 0.646. The highest BCUT2D eigenvalue weighted by Crippen LogP contribution is 2.37. The van der Waals surface area contributed by atoms with Gasteiger partial charge in [0.2, 0.25) is 0 Å². The molecule has 0 amide bonds. The second-order valence-corrected chi connectivity index (χ2v) is 6.88. The molecule has 0 bridgehead atoms. The lowest BCUT2D eigenvalue weighted by atomic mass is 10.2. The number of carbonyl (C=O) groups is 1. The van der Waals surface area contributed by atoms with Crippen LogP contribution < -0.4 is 11.1 Å². The summed E-state index contributed by atoms with van der Waals surface area (Å²) in [6, 6.07) is 3.28. The van der Waals surface area contributed by atoms with Crippen molar-refractivity contribution in [1.82, 2.24) is 9.55 Å². The Hall–Kier alpha value is -1.54. The molecular formula is C14H13BrN2O4S. The van der Waals surface area contributed by atoms with Crippen LogP contribution >= 0.6 is 27.7 Å². The van der Waals surface area contributed by atoms with Gasteiger partial charge in [0.1, 0.15) is 0 Å². The summed E-state index contributed by atoms with van der Waals surface area (Å²) in [7, 11) is 0. The second-order valence-electron chi connectivity index (χ2n) is 4.90. The number of ether oxygens (including phenoxy) is 1. The van der Waals surface area contributed by atoms with Crippen LogP contribution in [0, 0.1) is 0 Å². The number of aromatic nitrogens is 2. The number of H-pyrrole nitrogens is 1. The van der Waals surface area contributed by atoms with Gasteiger partial charge in [-0.1, -0.05) is 15.9 Å². The summed E-state index contributed by atoms with van der Waals surface area (Å²) in [5.74, 6) is 0.176. The van der Waals surface area contributed by atoms with Crippen molar-refractivity contribution in [2.45, 2.75) is 24.3 Å². The van der Waals surface area contributed by atoms with Crippen LogP contribution in [0.25, 0.3) is 11.0 Å². The molecule has 1 aromatic carbocycles. The standard InChI is InChI=1S/C14H13BrN2O4S/c1-2-21-11(18)5-8-6-22-10-4-7(15)3-9-12(10)17(8)14(20)13(19)16-9/h3-4,8H,2,5-6H2,1H3,(H,16,19). The fourth-order valence-corrected chi connectivity index (χ4v) is 4.39. The maximum atomic E-state index is 12.3. The molecule has 8 heteroatoms. The van der Waals surface area contributed by atoms with E-state index < -0.39 is 11.1 Å². The maximum absolute atomic E-state index is 12.3. The molecule has 2 aromatic rings. The van der Waals surface area contributed by atoms with Gasteiger partial charge in [-0.15, -0.1) is 11.8 Å². The van der Waals surface area contributed by atoms with Crippen molar-refractivity contribution in [3.63, 3.8) is 0 Å². The summed E-state index contributed by atoms with van der Waals surface area (Å²) in [6.45, 7) is 2.03. The van der Waals surface area contributed by atoms with Crippen molar-refractivity contribution >= 4 is 44.7 Å². The van der Waals surface area contributed by atoms with Crippen molar-refractivity contribution in [3.8, 4) is 0 Å². The van der Waals surface area contributed by atoms with Crippen molar-refractivity contribution in [3.05, 3.63) is 37.3 Å². The van der Waals surface area contributed by atoms with E-state index in [-0.39, 0.29) is 18.4 Å². The van der Waals surface area contributed by atoms with E-state index in [4.69, 9.17) is 4.74 Å². The molecule has 3 rings (SSSR count). The first-order valence-corrected chi connectivity index (χ1v) is 8.55. The number of benzene rings is 1. The van der Waals surface area contributed by atoms with Crippen LogP contribution in [0.3, 0.4) is 0 Å². The average Bonchev–Trinajstić information content (AvgIpc) is 2.45. The fourth-order valence-electron chi connectivity index (χ4n) is 2.59. The third-order valence-corrected chi connectivity index (χ3v) is 5.08. The smallest absolute Gasteiger partial charge is 0.317 e. The summed E-state index contributed by atoms with van der Waals surface area (Å²) in [4.78, 5) is 39.4. The van der Waals surface area contributed by atoms with Gasteiger partial charge < -0.3 is 9.72 Å². The number of carbonyl (C=O) groups excluding carboxylic acids is 1. The number of aromatic amines is 1. The summed E-state index contributed by atoms with van der Waals surface area (Å²) in [6.07, 6.45) is 0.0782. The van der Waals surface area contributed by atoms with Crippen LogP contribution in [0.2, 0.25) is 0 Å². The Morgan fingerprint density at radius 1 is 1.50 bits per heavy atom. The minimum absolute atomic E-state index is 0.0782. The highest BCUT2D eigenvalue weighted by Gasteiger charge is 2.27. The molecule has 22 heavy (non-hydrogen) atoms. The number of nitrogens with one attached hydrogen (secondary N) is 1. The third kappa shape index (κ3) is 2.61. The van der Waals surface area contributed by atoms with Gasteiger partial charge >= 0.3 is 17.1 Å². The van der Waals surface area contributed by atoms with Gasteiger partial charge in [0, 0.05) is 15.1 Å². The molecule has 1 aliphatic heterocycles. The van der Waals surface area contributed by atoms with E-state index in [2.05, 4.69) is 20.9 Å². The Morgan fingerprint density at radius 3 is 3.00 bits per heavy atom. The zero-order valence-electron chi connectivity index (χ0n) is 11.7. The highest BCUT2D eigenvalue weighted by molar-refractivity contribution is 9.10. The number of esters is 1. The van der Waals surface area contributed by atoms with E-state index >= 15 is 0 Å². The molecule has 1 unspecified atom stereocenters. The van der Waals surface area contributed by atoms with E-state index in [1.165, 1.54) is 4.57 Å². The summed E-state index contributed by atoms with van der Waals surface area (Å²) >= 11 is 4.95. The molecule has 0 fully saturated rings. The summed E-state index contributed by atoms with van der Waals surface area (Å²) in [5, 5.41) is 0. The monoisotopic (exact) mass is 384 g/mol. The molecule has 0 spiro atoms. The van der Waals surface area contributed by atoms with Crippen LogP contribution in [0.5, 0.6) is 0 Å². The first kappa shape index (κ1) is 15.4. The predicted molar refractivity (Wildman–Crippen MR) is 87.5 cm³/mol. The Morgan fingerprint density at radius 2 is 2.27 bits per heavy atom. The predicted octanol–water partition coefficient (Wildman–Crippen LogP) is 2.05. The zero-order valence-corrected chi connectivity index (χ0v) is 14.1. The van der Waals surface area contributed by atoms with Crippen LogP contribution in [-0.4, -0.2) is 27.9 Å². The molecule has 1 atom stereocenters. The SMILES string of the molecule is CCOC(=O)CC1CSc2cc(Br)cc3[nH]c(=O)c(=O)n1c23. The average molecular weight is 385 g/mol. The number of hydrogen-bond donors (Lipinski definition) is 1. The van der Waals surface area contributed by atoms with Crippen LogP contribution in [-0.2, 0) is 9.53 Å². The normalized spacial score (nSPS) is 16.7. The van der Waals surface area contributed by atoms with E-state index in [0.29, 0.717) is 23.4 Å². The fraction of sp³-hybridized carbons (Fsp3) is 0.357. The highest BCUT2D eigenvalue weighted by atomic mass is 79.9. The van der Waals surface area contributed by atoms with Crippen LogP contribution in [0.15, 0.2) is 31.1 Å². The number of rotatable bonds is 3. The number of halogens is 1. The molecule has 1 aliphatic rings. The molecule has 6 nitrogen and oxygen atoms in total. The molecule has 0 saturated carbocycles. The molecule has 0 radical (unpaired) electrons. The topological polar surface area (TPSA) is 81.2 Å². The second kappa shape index (κ2) is 5.92. The number of hydrogen-bond acceptors (Lipinski definition) is 5. The molecule has 116 valence electrons. The van der Waals surface area contributed by atoms with Gasteiger partial charge in [0.15, 0.2) is 0 Å². The largest absolute Gasteiger partial charge is 0.466 e. The van der Waals surface area contributed by atoms with Gasteiger partial charge in [-0.3, -0.25) is 19.0 Å². The van der Waals surface area contributed by atoms with Gasteiger partial charge in [0.25, 0.3) is 0 Å². The number of thioether (sulfide) groups is 1. The van der Waals surface area contributed by atoms with Gasteiger partial charge in [-0.05, 0) is 19.1 Å². The minimum atomic E-state index is -0.683. The third-order valence-electron chi connectivity index (χ3n) is 3.45. The van der Waals surface area contributed by atoms with E-state index in [9.17, 15) is 14.4 Å². The minimum Gasteiger partial charge on any atom is -0.466 e. The van der Waals surface area contributed by atoms with Crippen molar-refractivity contribution in [1.29, 1.82) is 0 Å². The van der Waals surface area contributed by atoms with E-state index in [1.807, 2.05) is 6.07 Å². The van der Waals surface area contributed by atoms with Crippen molar-refractivity contribution in [2.24, 2.45) is 0 Å². The van der Waals surface area contributed by atoms with Gasteiger partial charge in [-0.2, -0.15) is 0 Å². The van der Waals surface area contributed by atoms with Crippen molar-refractivity contribution < 1.29 is 9.53 Å². The Bertz CT molecular complexity index is 873. The van der Waals surface area contributed by atoms with E-state index in [1.54, 1.807) is 24.8 Å². The number of nitrogens with zero attached hydrogens (tertiary/aromatic N) is 1. The lowest BCUT2D eigenvalue weighted by Crippen LogP contribution is -2.41. The molecule has 0 saturated heterocycles. The first-order chi connectivity index (χ1) is 10.5. The van der Waals surface area contributed by atoms with E-state index in [0.717, 1.165) is 9.37 Å². The first-order valence-electron chi connectivity index (χ1n) is 6.77. The zero-order chi connectivity index (χ0) is 15.9. The lowest BCUT2D eigenvalue weighted by molar-refractivity contribution is -0.143. The molecule has 1 aromatic heterocycles. The van der Waals surface area contributed by atoms with Gasteiger partial charge in [-0.25, -0.2) is 0 Å². The molecular weight excluding hydrogens is 372 g/mol. The molecule has 1 N–H and O–H groups in total. The van der Waals surface area contributed by atoms with Crippen molar-refractivity contribution in [2.75, 3.05) is 12.4 Å². The summed E-state index contributed by atoms with van der Waals surface area (Å²) in [5.41, 5.74) is -0.0728. The maximum Gasteiger partial charge on any atom is 0.317 e. The van der Waals surface area contributed by atoms with Crippen LogP contribution in [0.4, 0.5) is 0 Å². The molecule has 0 aliphatic carbocycles.